The van der Waals surface area contributed by atoms with Crippen molar-refractivity contribution >= 4 is 23.9 Å². The molecule has 2 fully saturated rings. The van der Waals surface area contributed by atoms with Crippen molar-refractivity contribution in [3.63, 3.8) is 0 Å². The van der Waals surface area contributed by atoms with Gasteiger partial charge in [0.15, 0.2) is 12.1 Å². The Kier molecular flexibility index (Phi) is 53.9. The van der Waals surface area contributed by atoms with E-state index in [2.05, 4.69) is 0 Å². The Morgan fingerprint density at radius 2 is 1.10 bits per heavy atom. The van der Waals surface area contributed by atoms with Gasteiger partial charge in [-0.15, -0.1) is 0 Å². The first-order valence-corrected chi connectivity index (χ1v) is 24.3. The maximum Gasteiger partial charge on any atom is 1.00 e. The number of carboxylic acid groups (broad SMARTS) is 3. The Morgan fingerprint density at radius 1 is 0.617 bits per heavy atom. The molecule has 3 aliphatic rings. The zero-order valence-electron chi connectivity index (χ0n) is 46.6. The number of carbonyl (C=O) groups is 4. The normalized spacial score (nSPS) is 37.3. The predicted octanol–water partition coefficient (Wildman–Crippen LogP) is -13.0. The number of allylic oxidation sites excluding steroid dienone is 12. The van der Waals surface area contributed by atoms with E-state index < -0.39 is 172 Å². The van der Waals surface area contributed by atoms with Crippen molar-refractivity contribution in [2.24, 2.45) is 23.5 Å². The molecule has 0 unspecified atom stereocenters. The largest absolute Gasteiger partial charge is 1.00 e. The Hall–Kier alpha value is -2.74. The first-order chi connectivity index (χ1) is 34.2. The molecule has 0 spiro atoms. The molecule has 0 amide bonds. The number of ether oxygens (including phenoxy) is 4. The second kappa shape index (κ2) is 47.5. The molecule has 3 aliphatic heterocycles. The summed E-state index contributed by atoms with van der Waals surface area (Å²) in [5.41, 5.74) is 6.02. The van der Waals surface area contributed by atoms with Crippen molar-refractivity contribution in [3.05, 3.63) is 85.1 Å². The van der Waals surface area contributed by atoms with Crippen LogP contribution >= 0.6 is 0 Å². The van der Waals surface area contributed by atoms with Gasteiger partial charge in [0.05, 0.1) is 79.6 Å². The van der Waals surface area contributed by atoms with E-state index in [0.29, 0.717) is 0 Å². The predicted molar refractivity (Wildman–Crippen MR) is 278 cm³/mol. The van der Waals surface area contributed by atoms with Gasteiger partial charge in [0, 0.05) is 49.5 Å². The third-order valence-corrected chi connectivity index (χ3v) is 12.6. The summed E-state index contributed by atoms with van der Waals surface area (Å²) < 4.78 is 23.1. The molecule has 462 valence electrons. The molecule has 0 aliphatic carbocycles. The number of fused-ring (bicyclic) bond motifs is 2. The number of aliphatic hydroxyl groups is 10. The van der Waals surface area contributed by atoms with E-state index in [4.69, 9.17) is 24.7 Å². The molecule has 3 rings (SSSR count). The fourth-order valence-corrected chi connectivity index (χ4v) is 8.17. The first kappa shape index (κ1) is 92.0. The number of carboxylic acids is 3. The van der Waals surface area contributed by atoms with E-state index in [-0.39, 0.29) is 124 Å². The van der Waals surface area contributed by atoms with Gasteiger partial charge < -0.3 is 134 Å². The maximum atomic E-state index is 12.6. The number of esters is 1. The minimum atomic E-state index is -2.33. The molecule has 0 saturated carbocycles. The first-order valence-electron chi connectivity index (χ1n) is 24.3. The summed E-state index contributed by atoms with van der Waals surface area (Å²) >= 11 is 0. The molecule has 2 saturated heterocycles. The Labute approximate surface area is 515 Å². The number of nitrogens with two attached hydrogens (primary N) is 1. The van der Waals surface area contributed by atoms with Crippen LogP contribution in [0.3, 0.4) is 0 Å². The fraction of sp³-hybridized carbons (Fsp3) is 0.647. The smallest absolute Gasteiger partial charge is 0.550 e. The minimum absolute atomic E-state index is 0. The van der Waals surface area contributed by atoms with Crippen LogP contribution in [0.5, 0.6) is 0 Å². The van der Waals surface area contributed by atoms with Crippen molar-refractivity contribution in [1.82, 2.24) is 0 Å². The molecular formula is C51H89NNa2O27. The molecule has 25 N–H and O–H groups in total. The van der Waals surface area contributed by atoms with Gasteiger partial charge in [-0.05, 0) is 46.0 Å². The van der Waals surface area contributed by atoms with Crippen LogP contribution < -0.4 is 75.1 Å². The molecule has 0 radical (unpaired) electrons. The number of cyclic esters (lactones) is 1. The van der Waals surface area contributed by atoms with Crippen LogP contribution in [0.15, 0.2) is 85.1 Å². The Bertz CT molecular complexity index is 1910. The van der Waals surface area contributed by atoms with Crippen LogP contribution in [-0.4, -0.2) is 210 Å². The van der Waals surface area contributed by atoms with Crippen LogP contribution in [-0.2, 0) is 38.1 Å². The summed E-state index contributed by atoms with van der Waals surface area (Å²) in [5, 5.41) is 137. The standard InChI is InChI=1S/C47H73NO17.C4H6O4.2Na.6H2O/c1-27-17-15-13-11-9-7-5-6-8-10-12-14-16-18-34(64-46-44(58)41(48)43(57)30(4)63-46)24-38-40(45(59)60)37(54)26-47(61,65-38)25-33(51)22-36(53)35(52)20-19-31(49)21-32(50)23-39(55)62-29(3)28(2)42(27)56;5-3(6)1-2-4(7)8;;;;;;;;/h5-18,27-38,40-44,46,49-54,56-58,61H,19-26,48H2,1-4H3,(H,59,60);1-2H2,(H,5,6)(H,7,8);;;6*1H2/q;;2*+1;;;;;;/p-2/b6-5+,9-7+,10-8+,13-11+,14-12+,17-15+,18-16+;;;;;;;;;/t27-,28-,29-,30+,31+,32+,33-,34-,35+,36+,37-,38-,40+,41-,42+,43+,44-,46-,47+;;;;;;;;;/m0........./s1. The second-order valence-corrected chi connectivity index (χ2v) is 18.8. The van der Waals surface area contributed by atoms with Crippen LogP contribution in [0.25, 0.3) is 0 Å². The van der Waals surface area contributed by atoms with Crippen molar-refractivity contribution in [2.45, 2.75) is 189 Å². The quantitative estimate of drug-likeness (QED) is 0.0868. The topological polar surface area (TPSA) is 589 Å². The van der Waals surface area contributed by atoms with E-state index >= 15 is 0 Å². The summed E-state index contributed by atoms with van der Waals surface area (Å²) in [6, 6.07) is -1.15. The number of rotatable bonds is 6. The van der Waals surface area contributed by atoms with E-state index in [0.717, 1.165) is 0 Å². The van der Waals surface area contributed by atoms with Gasteiger partial charge in [-0.2, -0.15) is 0 Å². The van der Waals surface area contributed by atoms with Crippen molar-refractivity contribution in [2.75, 3.05) is 0 Å². The zero-order valence-corrected chi connectivity index (χ0v) is 50.6. The van der Waals surface area contributed by atoms with Gasteiger partial charge in [0.25, 0.3) is 0 Å². The summed E-state index contributed by atoms with van der Waals surface area (Å²) in [6.07, 6.45) is 2.52. The van der Waals surface area contributed by atoms with Crippen LogP contribution in [0.4, 0.5) is 0 Å². The van der Waals surface area contributed by atoms with Crippen LogP contribution in [0.1, 0.15) is 91.9 Å². The molecule has 19 atom stereocenters. The van der Waals surface area contributed by atoms with Gasteiger partial charge in [-0.1, -0.05) is 98.9 Å². The molecule has 28 nitrogen and oxygen atoms in total. The summed E-state index contributed by atoms with van der Waals surface area (Å²) in [6.45, 7) is 6.74. The summed E-state index contributed by atoms with van der Waals surface area (Å²) in [4.78, 5) is 44.1. The van der Waals surface area contributed by atoms with Crippen LogP contribution in [0.2, 0.25) is 0 Å². The van der Waals surface area contributed by atoms with E-state index in [1.807, 2.05) is 19.1 Å². The molecule has 30 heteroatoms. The monoisotopic (exact) mass is 1190 g/mol. The molecule has 0 aromatic rings. The van der Waals surface area contributed by atoms with Crippen molar-refractivity contribution < 1.29 is 196 Å². The molecule has 2 bridgehead atoms. The van der Waals surface area contributed by atoms with Crippen molar-refractivity contribution in [3.8, 4) is 0 Å². The van der Waals surface area contributed by atoms with E-state index in [9.17, 15) is 85.6 Å². The number of hydrogen-bond acceptors (Lipinski definition) is 21. The van der Waals surface area contributed by atoms with Gasteiger partial charge in [-0.25, -0.2) is 0 Å². The van der Waals surface area contributed by atoms with Crippen molar-refractivity contribution in [1.29, 1.82) is 0 Å². The summed E-state index contributed by atoms with van der Waals surface area (Å²) in [5.74, 6) is -9.56. The maximum absolute atomic E-state index is 12.6. The van der Waals surface area contributed by atoms with Gasteiger partial charge in [0.2, 0.25) is 0 Å². The van der Waals surface area contributed by atoms with Crippen LogP contribution in [0, 0.1) is 17.8 Å². The molecule has 0 aromatic heterocycles. The van der Waals surface area contributed by atoms with E-state index in [1.54, 1.807) is 80.7 Å². The SMILES string of the molecule is C[C@@H]1[C@H](O)[C@@H](C)/C=C/C=C/C=C/C=C/C=C/C=C/C=C/[C@H](O[C@@H]2O[C@H](C)[C@@H](O)[C@H](N)[C@@H]2O)C[C@@H]2O[C@](O)(C[C@@H](O)C[C@@H](O)[C@H](O)CC[C@@H](O)C[C@@H](O)CC(=O)O[C@H]1C)C[C@H](O)[C@H]2C(=O)O.O.O.O.O.O.O.O=C([O-])CCC(=O)[O-].[Na+].[Na+]. The second-order valence-electron chi connectivity index (χ2n) is 18.8. The summed E-state index contributed by atoms with van der Waals surface area (Å²) in [7, 11) is 0. The van der Waals surface area contributed by atoms with Gasteiger partial charge in [-0.3, -0.25) is 9.59 Å². The Balaban J connectivity index is -0.000000634. The molecular weight excluding hydrogens is 1100 g/mol. The minimum Gasteiger partial charge on any atom is -0.550 e. The molecule has 81 heavy (non-hydrogen) atoms. The number of aliphatic carboxylic acids is 3. The van der Waals surface area contributed by atoms with Gasteiger partial charge in [0.1, 0.15) is 18.1 Å². The molecule has 0 aromatic carbocycles. The Morgan fingerprint density at radius 3 is 1.58 bits per heavy atom. The average molecular weight is 1190 g/mol. The van der Waals surface area contributed by atoms with Gasteiger partial charge >= 0.3 is 71.1 Å². The molecule has 3 heterocycles. The fourth-order valence-electron chi connectivity index (χ4n) is 8.17. The average Bonchev–Trinajstić information content (AvgIpc) is 3.29. The number of hydrogen-bond donors (Lipinski definition) is 12. The third kappa shape index (κ3) is 35.4. The zero-order chi connectivity index (χ0) is 55.0. The van der Waals surface area contributed by atoms with E-state index in [1.165, 1.54) is 13.0 Å². The third-order valence-electron chi connectivity index (χ3n) is 12.6. The number of aliphatic hydroxyl groups excluding tert-OH is 9. The number of carbonyl (C=O) groups excluding carboxylic acids is 3.